The van der Waals surface area contributed by atoms with Crippen molar-refractivity contribution in [1.82, 2.24) is 4.98 Å². The summed E-state index contributed by atoms with van der Waals surface area (Å²) in [6.07, 6.45) is 2.29. The van der Waals surface area contributed by atoms with Gasteiger partial charge < -0.3 is 10.5 Å². The molecule has 110 valence electrons. The number of benzene rings is 1. The highest BCUT2D eigenvalue weighted by atomic mass is 16.6. The van der Waals surface area contributed by atoms with E-state index in [1.54, 1.807) is 30.5 Å². The van der Waals surface area contributed by atoms with E-state index in [1.165, 1.54) is 6.07 Å². The van der Waals surface area contributed by atoms with Gasteiger partial charge in [-0.15, -0.1) is 0 Å². The number of aromatic nitrogens is 1. The molecular weight excluding hydrogens is 270 g/mol. The molecule has 6 nitrogen and oxygen atoms in total. The van der Waals surface area contributed by atoms with Gasteiger partial charge in [0, 0.05) is 24.4 Å². The highest BCUT2D eigenvalue weighted by Gasteiger charge is 2.17. The molecule has 2 N–H and O–H groups in total. The SMILES string of the molecule is CCc1ccc(Oc2cc(C(C)N)ccn2)c([N+](=O)[O-])c1. The van der Waals surface area contributed by atoms with Gasteiger partial charge in [-0.05, 0) is 36.6 Å². The lowest BCUT2D eigenvalue weighted by Crippen LogP contribution is -2.05. The van der Waals surface area contributed by atoms with Gasteiger partial charge in [-0.1, -0.05) is 13.0 Å². The molecule has 0 amide bonds. The number of hydrogen-bond acceptors (Lipinski definition) is 5. The fourth-order valence-electron chi connectivity index (χ4n) is 1.89. The van der Waals surface area contributed by atoms with E-state index >= 15 is 0 Å². The summed E-state index contributed by atoms with van der Waals surface area (Å²) >= 11 is 0. The van der Waals surface area contributed by atoms with Gasteiger partial charge in [0.2, 0.25) is 11.6 Å². The van der Waals surface area contributed by atoms with E-state index in [4.69, 9.17) is 10.5 Å². The zero-order chi connectivity index (χ0) is 15.4. The first kappa shape index (κ1) is 14.9. The van der Waals surface area contributed by atoms with Crippen molar-refractivity contribution in [3.8, 4) is 11.6 Å². The summed E-state index contributed by atoms with van der Waals surface area (Å²) in [6, 6.07) is 8.22. The van der Waals surface area contributed by atoms with Crippen molar-refractivity contribution in [3.63, 3.8) is 0 Å². The molecule has 0 radical (unpaired) electrons. The van der Waals surface area contributed by atoms with Gasteiger partial charge in [-0.25, -0.2) is 4.98 Å². The third kappa shape index (κ3) is 3.55. The molecule has 0 saturated carbocycles. The third-order valence-electron chi connectivity index (χ3n) is 3.13. The second-order valence-electron chi connectivity index (χ2n) is 4.73. The van der Waals surface area contributed by atoms with E-state index in [0.717, 1.165) is 17.5 Å². The molecule has 0 aliphatic rings. The van der Waals surface area contributed by atoms with E-state index in [1.807, 2.05) is 13.8 Å². The van der Waals surface area contributed by atoms with Crippen LogP contribution in [0.25, 0.3) is 0 Å². The van der Waals surface area contributed by atoms with Crippen LogP contribution in [0.2, 0.25) is 0 Å². The van der Waals surface area contributed by atoms with Crippen LogP contribution in [0, 0.1) is 10.1 Å². The number of hydrogen-bond donors (Lipinski definition) is 1. The van der Waals surface area contributed by atoms with Crippen LogP contribution in [0.15, 0.2) is 36.5 Å². The second kappa shape index (κ2) is 6.32. The average molecular weight is 287 g/mol. The lowest BCUT2D eigenvalue weighted by Gasteiger charge is -2.09. The number of nitro groups is 1. The number of nitrogens with zero attached hydrogens (tertiary/aromatic N) is 2. The number of pyridine rings is 1. The van der Waals surface area contributed by atoms with Crippen molar-refractivity contribution >= 4 is 5.69 Å². The molecule has 0 saturated heterocycles. The minimum absolute atomic E-state index is 0.0673. The Bertz CT molecular complexity index is 656. The van der Waals surface area contributed by atoms with Gasteiger partial charge >= 0.3 is 5.69 Å². The fourth-order valence-corrected chi connectivity index (χ4v) is 1.89. The summed E-state index contributed by atoms with van der Waals surface area (Å²) in [6.45, 7) is 3.78. The lowest BCUT2D eigenvalue weighted by molar-refractivity contribution is -0.385. The lowest BCUT2D eigenvalue weighted by atomic mass is 10.1. The predicted molar refractivity (Wildman–Crippen MR) is 79.4 cm³/mol. The maximum atomic E-state index is 11.1. The Morgan fingerprint density at radius 1 is 1.38 bits per heavy atom. The van der Waals surface area contributed by atoms with Crippen molar-refractivity contribution in [2.45, 2.75) is 26.3 Å². The summed E-state index contributed by atoms with van der Waals surface area (Å²) in [7, 11) is 0. The average Bonchev–Trinajstić information content (AvgIpc) is 2.47. The topological polar surface area (TPSA) is 91.3 Å². The molecule has 1 aromatic carbocycles. The smallest absolute Gasteiger partial charge is 0.311 e. The Kier molecular flexibility index (Phi) is 4.49. The number of rotatable bonds is 5. The molecule has 1 unspecified atom stereocenters. The van der Waals surface area contributed by atoms with Gasteiger partial charge in [0.1, 0.15) is 0 Å². The van der Waals surface area contributed by atoms with Crippen molar-refractivity contribution < 1.29 is 9.66 Å². The van der Waals surface area contributed by atoms with E-state index < -0.39 is 4.92 Å². The Morgan fingerprint density at radius 3 is 2.76 bits per heavy atom. The predicted octanol–water partition coefficient (Wildman–Crippen LogP) is 3.36. The normalized spacial score (nSPS) is 12.0. The van der Waals surface area contributed by atoms with Crippen molar-refractivity contribution in [2.75, 3.05) is 0 Å². The molecule has 1 heterocycles. The quantitative estimate of drug-likeness (QED) is 0.672. The Balaban J connectivity index is 2.35. The summed E-state index contributed by atoms with van der Waals surface area (Å²) in [5.74, 6) is 0.462. The van der Waals surface area contributed by atoms with Crippen molar-refractivity contribution in [3.05, 3.63) is 57.8 Å². The Hall–Kier alpha value is -2.47. The Labute approximate surface area is 122 Å². The minimum atomic E-state index is -0.454. The van der Waals surface area contributed by atoms with Gasteiger partial charge in [0.05, 0.1) is 4.92 Å². The first-order valence-electron chi connectivity index (χ1n) is 6.68. The molecule has 6 heteroatoms. The second-order valence-corrected chi connectivity index (χ2v) is 4.73. The maximum absolute atomic E-state index is 11.1. The minimum Gasteiger partial charge on any atom is -0.432 e. The van der Waals surface area contributed by atoms with Crippen LogP contribution in [0.3, 0.4) is 0 Å². The monoisotopic (exact) mass is 287 g/mol. The molecule has 21 heavy (non-hydrogen) atoms. The van der Waals surface area contributed by atoms with E-state index in [9.17, 15) is 10.1 Å². The molecule has 1 atom stereocenters. The molecule has 2 rings (SSSR count). The Morgan fingerprint density at radius 2 is 2.14 bits per heavy atom. The number of ether oxygens (including phenoxy) is 1. The first-order valence-corrected chi connectivity index (χ1v) is 6.68. The molecule has 0 spiro atoms. The largest absolute Gasteiger partial charge is 0.432 e. The van der Waals surface area contributed by atoms with Crippen LogP contribution in [0.1, 0.15) is 31.0 Å². The summed E-state index contributed by atoms with van der Waals surface area (Å²) in [4.78, 5) is 14.7. The highest BCUT2D eigenvalue weighted by Crippen LogP contribution is 2.32. The van der Waals surface area contributed by atoms with Gasteiger partial charge in [-0.3, -0.25) is 10.1 Å². The van der Waals surface area contributed by atoms with E-state index in [-0.39, 0.29) is 23.4 Å². The maximum Gasteiger partial charge on any atom is 0.311 e. The van der Waals surface area contributed by atoms with Gasteiger partial charge in [0.25, 0.3) is 0 Å². The van der Waals surface area contributed by atoms with Crippen LogP contribution in [-0.4, -0.2) is 9.91 Å². The zero-order valence-electron chi connectivity index (χ0n) is 11.9. The van der Waals surface area contributed by atoms with Gasteiger partial charge in [0.15, 0.2) is 0 Å². The first-order chi connectivity index (χ1) is 10.0. The van der Waals surface area contributed by atoms with Crippen LogP contribution >= 0.6 is 0 Å². The molecule has 1 aromatic heterocycles. The van der Waals surface area contributed by atoms with Crippen LogP contribution in [-0.2, 0) is 6.42 Å². The fraction of sp³-hybridized carbons (Fsp3) is 0.267. The van der Waals surface area contributed by atoms with Crippen LogP contribution in [0.5, 0.6) is 11.6 Å². The number of aryl methyl sites for hydroxylation is 1. The van der Waals surface area contributed by atoms with Crippen molar-refractivity contribution in [2.24, 2.45) is 5.73 Å². The molecule has 2 aromatic rings. The summed E-state index contributed by atoms with van der Waals surface area (Å²) < 4.78 is 5.55. The molecule has 0 aliphatic carbocycles. The van der Waals surface area contributed by atoms with Crippen molar-refractivity contribution in [1.29, 1.82) is 0 Å². The number of nitrogens with two attached hydrogens (primary N) is 1. The summed E-state index contributed by atoms with van der Waals surface area (Å²) in [5, 5.41) is 11.1. The van der Waals surface area contributed by atoms with Gasteiger partial charge in [-0.2, -0.15) is 0 Å². The molecule has 0 bridgehead atoms. The van der Waals surface area contributed by atoms with Crippen LogP contribution < -0.4 is 10.5 Å². The number of nitro benzene ring substituents is 1. The van der Waals surface area contributed by atoms with E-state index in [2.05, 4.69) is 4.98 Å². The summed E-state index contributed by atoms with van der Waals surface area (Å²) in [5.41, 5.74) is 7.47. The van der Waals surface area contributed by atoms with E-state index in [0.29, 0.717) is 0 Å². The zero-order valence-corrected chi connectivity index (χ0v) is 11.9. The van der Waals surface area contributed by atoms with Crippen LogP contribution in [0.4, 0.5) is 5.69 Å². The molecular formula is C15H17N3O3. The standard InChI is InChI=1S/C15H17N3O3/c1-3-11-4-5-14(13(8-11)18(19)20)21-15-9-12(10(2)16)6-7-17-15/h4-10H,3,16H2,1-2H3. The molecule has 0 fully saturated rings. The molecule has 0 aliphatic heterocycles. The highest BCUT2D eigenvalue weighted by molar-refractivity contribution is 5.50. The third-order valence-corrected chi connectivity index (χ3v) is 3.13.